The van der Waals surface area contributed by atoms with Gasteiger partial charge in [-0.1, -0.05) is 12.1 Å². The predicted molar refractivity (Wildman–Crippen MR) is 160 cm³/mol. The standard InChI is InChI=1S/C31H33F2N9/c1-40-12-14-41(15-13-40)22-7-9-23(10-8-22)42-17-25(27-29(34)35-18-36-30(27)42)19-2-5-21(6-3-19)37-31-38-26-11-4-20(32)16-24(26)28(33)39-31/h2-6,11,16-18,22-23H,7-10,12-15H2,1H3,(H2,34,35,36)(H,37,38,39)/t22-,23+. The van der Waals surface area contributed by atoms with Gasteiger partial charge in [-0.05, 0) is 68.6 Å². The van der Waals surface area contributed by atoms with Gasteiger partial charge in [0.15, 0.2) is 0 Å². The smallest absolute Gasteiger partial charge is 0.230 e. The zero-order valence-corrected chi connectivity index (χ0v) is 23.5. The van der Waals surface area contributed by atoms with Crippen LogP contribution in [0.2, 0.25) is 0 Å². The molecule has 3 aromatic heterocycles. The van der Waals surface area contributed by atoms with Crippen molar-refractivity contribution in [3.8, 4) is 11.1 Å². The van der Waals surface area contributed by atoms with Crippen LogP contribution >= 0.6 is 0 Å². The number of benzene rings is 2. The SMILES string of the molecule is CN1CCN([C@H]2CC[C@@H](n3cc(-c4ccc(Nc5nc(F)c6cc(F)ccc6n5)cc4)c4c(N)ncnc43)CC2)CC1. The van der Waals surface area contributed by atoms with Crippen molar-refractivity contribution in [2.45, 2.75) is 37.8 Å². The fraction of sp³-hybridized carbons (Fsp3) is 0.355. The minimum Gasteiger partial charge on any atom is -0.383 e. The van der Waals surface area contributed by atoms with Crippen LogP contribution in [0, 0.1) is 11.8 Å². The molecule has 0 radical (unpaired) electrons. The topological polar surface area (TPSA) is 101 Å². The molecule has 7 rings (SSSR count). The fourth-order valence-corrected chi connectivity index (χ4v) is 6.48. The molecule has 3 N–H and O–H groups in total. The summed E-state index contributed by atoms with van der Waals surface area (Å²) in [5.74, 6) is -0.758. The molecule has 1 saturated heterocycles. The number of hydrogen-bond acceptors (Lipinski definition) is 8. The molecule has 0 atom stereocenters. The van der Waals surface area contributed by atoms with Gasteiger partial charge in [-0.15, -0.1) is 0 Å². The number of hydrogen-bond donors (Lipinski definition) is 2. The van der Waals surface area contributed by atoms with Gasteiger partial charge in [-0.25, -0.2) is 19.3 Å². The van der Waals surface area contributed by atoms with Crippen molar-refractivity contribution in [3.63, 3.8) is 0 Å². The van der Waals surface area contributed by atoms with Crippen molar-refractivity contribution >= 4 is 39.4 Å². The Morgan fingerprint density at radius 1 is 0.881 bits per heavy atom. The lowest BCUT2D eigenvalue weighted by atomic mass is 9.89. The van der Waals surface area contributed by atoms with E-state index in [0.717, 1.165) is 67.2 Å². The van der Waals surface area contributed by atoms with Gasteiger partial charge in [0.05, 0.1) is 16.3 Å². The molecule has 42 heavy (non-hydrogen) atoms. The van der Waals surface area contributed by atoms with E-state index < -0.39 is 11.8 Å². The molecule has 0 amide bonds. The first-order valence-electron chi connectivity index (χ1n) is 14.5. The molecule has 216 valence electrons. The summed E-state index contributed by atoms with van der Waals surface area (Å²) in [7, 11) is 2.20. The molecule has 2 aromatic carbocycles. The highest BCUT2D eigenvalue weighted by Gasteiger charge is 2.30. The molecular weight excluding hydrogens is 536 g/mol. The summed E-state index contributed by atoms with van der Waals surface area (Å²) < 4.78 is 30.3. The van der Waals surface area contributed by atoms with Crippen molar-refractivity contribution in [3.05, 3.63) is 66.8 Å². The van der Waals surface area contributed by atoms with Crippen LogP contribution in [0.4, 0.5) is 26.2 Å². The molecule has 1 saturated carbocycles. The average Bonchev–Trinajstić information content (AvgIpc) is 3.40. The van der Waals surface area contributed by atoms with E-state index in [1.54, 1.807) is 0 Å². The average molecular weight is 570 g/mol. The first-order chi connectivity index (χ1) is 20.4. The first-order valence-corrected chi connectivity index (χ1v) is 14.5. The number of nitrogens with one attached hydrogen (secondary N) is 1. The number of nitrogen functional groups attached to an aromatic ring is 1. The maximum atomic E-state index is 14.5. The Labute approximate surface area is 242 Å². The van der Waals surface area contributed by atoms with Crippen molar-refractivity contribution in [2.24, 2.45) is 0 Å². The van der Waals surface area contributed by atoms with Crippen LogP contribution in [-0.4, -0.2) is 73.6 Å². The Morgan fingerprint density at radius 3 is 2.38 bits per heavy atom. The maximum absolute atomic E-state index is 14.5. The van der Waals surface area contributed by atoms with Crippen LogP contribution in [-0.2, 0) is 0 Å². The van der Waals surface area contributed by atoms with Crippen molar-refractivity contribution in [1.29, 1.82) is 0 Å². The van der Waals surface area contributed by atoms with Gasteiger partial charge in [-0.2, -0.15) is 9.37 Å². The number of rotatable bonds is 5. The van der Waals surface area contributed by atoms with Gasteiger partial charge in [-0.3, -0.25) is 4.90 Å². The molecule has 2 aliphatic rings. The van der Waals surface area contributed by atoms with Gasteiger partial charge in [0, 0.05) is 55.7 Å². The third-order valence-electron chi connectivity index (χ3n) is 8.82. The third-order valence-corrected chi connectivity index (χ3v) is 8.82. The lowest BCUT2D eigenvalue weighted by Crippen LogP contribution is -2.49. The molecule has 1 aliphatic heterocycles. The molecule has 1 aliphatic carbocycles. The summed E-state index contributed by atoms with van der Waals surface area (Å²) in [6.07, 6.45) is 8.26. The number of aromatic nitrogens is 5. The summed E-state index contributed by atoms with van der Waals surface area (Å²) in [5.41, 5.74) is 10.2. The molecular formula is C31H33F2N9. The molecule has 2 fully saturated rings. The zero-order chi connectivity index (χ0) is 28.8. The molecule has 5 aromatic rings. The summed E-state index contributed by atoms with van der Waals surface area (Å²) in [6, 6.07) is 12.5. The lowest BCUT2D eigenvalue weighted by molar-refractivity contribution is 0.0828. The van der Waals surface area contributed by atoms with E-state index in [-0.39, 0.29) is 11.3 Å². The summed E-state index contributed by atoms with van der Waals surface area (Å²) in [5, 5.41) is 3.95. The van der Waals surface area contributed by atoms with Crippen molar-refractivity contribution in [1.82, 2.24) is 34.3 Å². The molecule has 4 heterocycles. The number of anilines is 3. The van der Waals surface area contributed by atoms with Gasteiger partial charge in [0.1, 0.15) is 23.6 Å². The van der Waals surface area contributed by atoms with E-state index >= 15 is 0 Å². The molecule has 11 heteroatoms. The second kappa shape index (κ2) is 10.9. The van der Waals surface area contributed by atoms with Crippen molar-refractivity contribution in [2.75, 3.05) is 44.3 Å². The molecule has 0 unspecified atom stereocenters. The zero-order valence-electron chi connectivity index (χ0n) is 23.5. The number of nitrogens with zero attached hydrogens (tertiary/aromatic N) is 7. The van der Waals surface area contributed by atoms with E-state index in [0.29, 0.717) is 29.1 Å². The summed E-state index contributed by atoms with van der Waals surface area (Å²) in [4.78, 5) is 22.2. The molecule has 9 nitrogen and oxygen atoms in total. The third kappa shape index (κ3) is 5.03. The highest BCUT2D eigenvalue weighted by atomic mass is 19.1. The number of likely N-dealkylation sites (N-methyl/N-ethyl adjacent to an activating group) is 1. The number of fused-ring (bicyclic) bond motifs is 2. The van der Waals surface area contributed by atoms with Gasteiger partial charge >= 0.3 is 0 Å². The fourth-order valence-electron chi connectivity index (χ4n) is 6.48. The van der Waals surface area contributed by atoms with Gasteiger partial charge < -0.3 is 20.5 Å². The highest BCUT2D eigenvalue weighted by Crippen LogP contribution is 2.39. The Kier molecular flexibility index (Phi) is 6.91. The normalized spacial score (nSPS) is 20.4. The lowest BCUT2D eigenvalue weighted by Gasteiger charge is -2.41. The minimum atomic E-state index is -0.778. The van der Waals surface area contributed by atoms with E-state index in [1.165, 1.54) is 31.3 Å². The van der Waals surface area contributed by atoms with E-state index in [2.05, 4.69) is 52.9 Å². The summed E-state index contributed by atoms with van der Waals surface area (Å²) in [6.45, 7) is 4.59. The second-order valence-electron chi connectivity index (χ2n) is 11.4. The minimum absolute atomic E-state index is 0.0416. The van der Waals surface area contributed by atoms with Gasteiger partial charge in [0.2, 0.25) is 11.9 Å². The quantitative estimate of drug-likeness (QED) is 0.272. The molecule has 0 bridgehead atoms. The highest BCUT2D eigenvalue weighted by molar-refractivity contribution is 6.00. The summed E-state index contributed by atoms with van der Waals surface area (Å²) >= 11 is 0. The predicted octanol–water partition coefficient (Wildman–Crippen LogP) is 5.38. The maximum Gasteiger partial charge on any atom is 0.230 e. The van der Waals surface area contributed by atoms with Crippen LogP contribution < -0.4 is 11.1 Å². The Morgan fingerprint density at radius 2 is 1.62 bits per heavy atom. The van der Waals surface area contributed by atoms with Gasteiger partial charge in [0.25, 0.3) is 0 Å². The van der Waals surface area contributed by atoms with Crippen molar-refractivity contribution < 1.29 is 8.78 Å². The van der Waals surface area contributed by atoms with E-state index in [1.807, 2.05) is 24.3 Å². The Hall–Kier alpha value is -4.22. The van der Waals surface area contributed by atoms with E-state index in [9.17, 15) is 8.78 Å². The number of piperazine rings is 1. The largest absolute Gasteiger partial charge is 0.383 e. The number of nitrogens with two attached hydrogens (primary N) is 1. The first kappa shape index (κ1) is 26.7. The monoisotopic (exact) mass is 569 g/mol. The van der Waals surface area contributed by atoms with Crippen LogP contribution in [0.3, 0.4) is 0 Å². The Balaban J connectivity index is 1.12. The van der Waals surface area contributed by atoms with E-state index in [4.69, 9.17) is 5.73 Å². The molecule has 0 spiro atoms. The van der Waals surface area contributed by atoms with Crippen LogP contribution in [0.25, 0.3) is 33.1 Å². The Bertz CT molecular complexity index is 1740. The number of halogens is 2. The van der Waals surface area contributed by atoms with Crippen LogP contribution in [0.15, 0.2) is 55.0 Å². The second-order valence-corrected chi connectivity index (χ2v) is 11.4. The van der Waals surface area contributed by atoms with Crippen LogP contribution in [0.5, 0.6) is 0 Å². The van der Waals surface area contributed by atoms with Crippen LogP contribution in [0.1, 0.15) is 31.7 Å².